The molecule has 0 aliphatic heterocycles. The highest BCUT2D eigenvalue weighted by Gasteiger charge is 2.10. The van der Waals surface area contributed by atoms with Gasteiger partial charge in [-0.25, -0.2) is 4.39 Å². The van der Waals surface area contributed by atoms with Crippen molar-refractivity contribution >= 4 is 0 Å². The van der Waals surface area contributed by atoms with Gasteiger partial charge in [0.25, 0.3) is 0 Å². The zero-order chi connectivity index (χ0) is 10.6. The van der Waals surface area contributed by atoms with Gasteiger partial charge in [-0.3, -0.25) is 0 Å². The molecule has 2 nitrogen and oxygen atoms in total. The topological polar surface area (TPSA) is 18.5 Å². The molecule has 0 aliphatic rings. The van der Waals surface area contributed by atoms with Crippen LogP contribution in [0.4, 0.5) is 4.39 Å². The summed E-state index contributed by atoms with van der Waals surface area (Å²) in [5.41, 5.74) is 2.09. The van der Waals surface area contributed by atoms with Gasteiger partial charge in [-0.15, -0.1) is 0 Å². The van der Waals surface area contributed by atoms with Crippen LogP contribution in [0.5, 0.6) is 0 Å². The second-order valence-electron chi connectivity index (χ2n) is 3.20. The van der Waals surface area contributed by atoms with Crippen molar-refractivity contribution in [2.45, 2.75) is 20.1 Å². The van der Waals surface area contributed by atoms with E-state index in [4.69, 9.17) is 9.47 Å². The van der Waals surface area contributed by atoms with Gasteiger partial charge < -0.3 is 9.47 Å². The number of benzene rings is 1. The molecule has 3 heteroatoms. The second-order valence-corrected chi connectivity index (χ2v) is 3.20. The minimum Gasteiger partial charge on any atom is -0.380 e. The van der Waals surface area contributed by atoms with E-state index in [0.717, 1.165) is 5.56 Å². The summed E-state index contributed by atoms with van der Waals surface area (Å²) in [5.74, 6) is -0.214. The fraction of sp³-hybridized carbons (Fsp3) is 0.455. The van der Waals surface area contributed by atoms with Crippen molar-refractivity contribution in [3.05, 3.63) is 34.6 Å². The van der Waals surface area contributed by atoms with Gasteiger partial charge in [0.15, 0.2) is 0 Å². The van der Waals surface area contributed by atoms with Crippen molar-refractivity contribution < 1.29 is 13.9 Å². The average molecular weight is 198 g/mol. The average Bonchev–Trinajstić information content (AvgIpc) is 2.17. The van der Waals surface area contributed by atoms with Crippen LogP contribution in [-0.4, -0.2) is 14.2 Å². The number of rotatable bonds is 4. The third kappa shape index (κ3) is 2.30. The number of methoxy groups -OCH3 is 2. The van der Waals surface area contributed by atoms with Crippen molar-refractivity contribution in [1.82, 2.24) is 0 Å². The highest BCUT2D eigenvalue weighted by atomic mass is 19.1. The summed E-state index contributed by atoms with van der Waals surface area (Å²) < 4.78 is 23.6. The molecule has 0 spiro atoms. The van der Waals surface area contributed by atoms with Gasteiger partial charge in [0.2, 0.25) is 0 Å². The molecular weight excluding hydrogens is 183 g/mol. The van der Waals surface area contributed by atoms with E-state index in [1.54, 1.807) is 20.3 Å². The van der Waals surface area contributed by atoms with Crippen molar-refractivity contribution in [2.24, 2.45) is 0 Å². The first-order valence-corrected chi connectivity index (χ1v) is 4.45. The van der Waals surface area contributed by atoms with Gasteiger partial charge in [0, 0.05) is 25.3 Å². The van der Waals surface area contributed by atoms with E-state index in [1.807, 2.05) is 13.0 Å². The maximum Gasteiger partial charge on any atom is 0.134 e. The molecule has 0 atom stereocenters. The molecule has 1 aromatic carbocycles. The van der Waals surface area contributed by atoms with Gasteiger partial charge in [-0.1, -0.05) is 12.1 Å². The summed E-state index contributed by atoms with van der Waals surface area (Å²) in [6.45, 7) is 2.46. The smallest absolute Gasteiger partial charge is 0.134 e. The molecule has 0 aliphatic carbocycles. The van der Waals surface area contributed by atoms with Crippen LogP contribution in [0.25, 0.3) is 0 Å². The Bertz CT molecular complexity index is 310. The maximum atomic E-state index is 13.7. The molecule has 0 radical (unpaired) electrons. The van der Waals surface area contributed by atoms with Crippen LogP contribution in [0.15, 0.2) is 12.1 Å². The van der Waals surface area contributed by atoms with Crippen molar-refractivity contribution in [3.63, 3.8) is 0 Å². The highest BCUT2D eigenvalue weighted by molar-refractivity contribution is 5.32. The van der Waals surface area contributed by atoms with E-state index < -0.39 is 0 Å². The first-order chi connectivity index (χ1) is 6.70. The summed E-state index contributed by atoms with van der Waals surface area (Å²) >= 11 is 0. The largest absolute Gasteiger partial charge is 0.380 e. The van der Waals surface area contributed by atoms with Gasteiger partial charge in [0.1, 0.15) is 5.82 Å². The van der Waals surface area contributed by atoms with Crippen LogP contribution >= 0.6 is 0 Å². The van der Waals surface area contributed by atoms with Crippen LogP contribution in [-0.2, 0) is 22.7 Å². The van der Waals surface area contributed by atoms with Crippen molar-refractivity contribution in [3.8, 4) is 0 Å². The summed E-state index contributed by atoms with van der Waals surface area (Å²) in [5, 5.41) is 0. The molecule has 0 saturated heterocycles. The lowest BCUT2D eigenvalue weighted by Crippen LogP contribution is -2.02. The minimum absolute atomic E-state index is 0.214. The first-order valence-electron chi connectivity index (χ1n) is 4.45. The molecule has 0 unspecified atom stereocenters. The van der Waals surface area contributed by atoms with Gasteiger partial charge in [-0.2, -0.15) is 0 Å². The van der Waals surface area contributed by atoms with Gasteiger partial charge in [-0.05, 0) is 12.5 Å². The highest BCUT2D eigenvalue weighted by Crippen LogP contribution is 2.18. The lowest BCUT2D eigenvalue weighted by Gasteiger charge is -2.10. The molecule has 0 saturated carbocycles. The Morgan fingerprint density at radius 2 is 1.79 bits per heavy atom. The molecular formula is C11H15FO2. The molecule has 0 N–H and O–H groups in total. The predicted octanol–water partition coefficient (Wildman–Crippen LogP) is 2.43. The molecule has 0 bridgehead atoms. The number of ether oxygens (including phenoxy) is 2. The van der Waals surface area contributed by atoms with Crippen LogP contribution < -0.4 is 0 Å². The number of aryl methyl sites for hydroxylation is 1. The Balaban J connectivity index is 3.05. The Labute approximate surface area is 83.6 Å². The standard InChI is InChI=1S/C11H15FO2/c1-8-4-5-9(6-13-2)11(12)10(8)7-14-3/h4-5H,6-7H2,1-3H3. The lowest BCUT2D eigenvalue weighted by molar-refractivity contribution is 0.173. The van der Waals surface area contributed by atoms with E-state index >= 15 is 0 Å². The van der Waals surface area contributed by atoms with Gasteiger partial charge >= 0.3 is 0 Å². The van der Waals surface area contributed by atoms with E-state index in [1.165, 1.54) is 0 Å². The maximum absolute atomic E-state index is 13.7. The molecule has 0 fully saturated rings. The molecule has 78 valence electrons. The van der Waals surface area contributed by atoms with E-state index in [0.29, 0.717) is 24.3 Å². The Kier molecular flexibility index (Phi) is 4.04. The number of hydrogen-bond donors (Lipinski definition) is 0. The summed E-state index contributed by atoms with van der Waals surface area (Å²) in [6.07, 6.45) is 0. The monoisotopic (exact) mass is 198 g/mol. The minimum atomic E-state index is -0.214. The Hall–Kier alpha value is -0.930. The third-order valence-corrected chi connectivity index (χ3v) is 2.15. The lowest BCUT2D eigenvalue weighted by atomic mass is 10.0. The molecule has 1 rings (SSSR count). The van der Waals surface area contributed by atoms with Crippen LogP contribution in [0, 0.1) is 12.7 Å². The number of halogens is 1. The normalized spacial score (nSPS) is 10.6. The molecule has 0 aromatic heterocycles. The Morgan fingerprint density at radius 3 is 2.36 bits per heavy atom. The third-order valence-electron chi connectivity index (χ3n) is 2.15. The molecule has 14 heavy (non-hydrogen) atoms. The Morgan fingerprint density at radius 1 is 1.14 bits per heavy atom. The SMILES string of the molecule is COCc1ccc(C)c(COC)c1F. The van der Waals surface area contributed by atoms with Crippen LogP contribution in [0.3, 0.4) is 0 Å². The van der Waals surface area contributed by atoms with Crippen LogP contribution in [0.1, 0.15) is 16.7 Å². The molecule has 1 aromatic rings. The van der Waals surface area contributed by atoms with E-state index in [2.05, 4.69) is 0 Å². The van der Waals surface area contributed by atoms with Crippen molar-refractivity contribution in [2.75, 3.05) is 14.2 Å². The quantitative estimate of drug-likeness (QED) is 0.739. The second kappa shape index (κ2) is 5.08. The van der Waals surface area contributed by atoms with Crippen LogP contribution in [0.2, 0.25) is 0 Å². The zero-order valence-electron chi connectivity index (χ0n) is 8.76. The van der Waals surface area contributed by atoms with E-state index in [9.17, 15) is 4.39 Å². The van der Waals surface area contributed by atoms with E-state index in [-0.39, 0.29) is 5.82 Å². The summed E-state index contributed by atoms with van der Waals surface area (Å²) in [6, 6.07) is 3.62. The first kappa shape index (κ1) is 11.1. The summed E-state index contributed by atoms with van der Waals surface area (Å²) in [7, 11) is 3.11. The molecule has 0 heterocycles. The number of hydrogen-bond acceptors (Lipinski definition) is 2. The summed E-state index contributed by atoms with van der Waals surface area (Å²) in [4.78, 5) is 0. The zero-order valence-corrected chi connectivity index (χ0v) is 8.76. The predicted molar refractivity (Wildman–Crippen MR) is 52.6 cm³/mol. The molecule has 0 amide bonds. The van der Waals surface area contributed by atoms with Crippen molar-refractivity contribution in [1.29, 1.82) is 0 Å². The fourth-order valence-electron chi connectivity index (χ4n) is 1.35. The van der Waals surface area contributed by atoms with Gasteiger partial charge in [0.05, 0.1) is 13.2 Å². The fourth-order valence-corrected chi connectivity index (χ4v) is 1.35.